The molecule has 2 aromatic rings. The highest BCUT2D eigenvalue weighted by atomic mass is 35.5. The standard InChI is InChI=1S/C19H17ClF3NO3/c20-15-5-3-14(4-6-15)17(25)9-10-18(26)24-11-13-1-7-16(8-2-13)27-12-19(21,22)23/h1-8H,9-12H2,(H,24,26). The monoisotopic (exact) mass is 399 g/mol. The van der Waals surface area contributed by atoms with Crippen LogP contribution in [0.25, 0.3) is 0 Å². The van der Waals surface area contributed by atoms with Crippen molar-refractivity contribution >= 4 is 23.3 Å². The lowest BCUT2D eigenvalue weighted by Gasteiger charge is -2.10. The highest BCUT2D eigenvalue weighted by molar-refractivity contribution is 6.30. The van der Waals surface area contributed by atoms with E-state index in [1.54, 1.807) is 36.4 Å². The first-order valence-electron chi connectivity index (χ1n) is 8.07. The van der Waals surface area contributed by atoms with E-state index in [1.807, 2.05) is 0 Å². The van der Waals surface area contributed by atoms with Gasteiger partial charge in [0.05, 0.1) is 0 Å². The third kappa shape index (κ3) is 7.70. The molecule has 0 radical (unpaired) electrons. The van der Waals surface area contributed by atoms with E-state index in [0.717, 1.165) is 0 Å². The summed E-state index contributed by atoms with van der Waals surface area (Å²) in [7, 11) is 0. The molecular weight excluding hydrogens is 383 g/mol. The summed E-state index contributed by atoms with van der Waals surface area (Å²) in [6.07, 6.45) is -4.29. The smallest absolute Gasteiger partial charge is 0.422 e. The molecular formula is C19H17ClF3NO3. The Balaban J connectivity index is 1.73. The third-order valence-electron chi connectivity index (χ3n) is 3.56. The van der Waals surface area contributed by atoms with E-state index in [0.29, 0.717) is 16.1 Å². The largest absolute Gasteiger partial charge is 0.484 e. The molecule has 27 heavy (non-hydrogen) atoms. The number of ketones is 1. The quantitative estimate of drug-likeness (QED) is 0.662. The van der Waals surface area contributed by atoms with Crippen molar-refractivity contribution in [2.24, 2.45) is 0 Å². The van der Waals surface area contributed by atoms with Gasteiger partial charge in [-0.25, -0.2) is 0 Å². The Bertz CT molecular complexity index is 774. The Morgan fingerprint density at radius 1 is 0.963 bits per heavy atom. The maximum Gasteiger partial charge on any atom is 0.422 e. The van der Waals surface area contributed by atoms with Gasteiger partial charge in [0, 0.05) is 30.0 Å². The van der Waals surface area contributed by atoms with Crippen molar-refractivity contribution in [2.45, 2.75) is 25.6 Å². The molecule has 1 amide bonds. The number of benzene rings is 2. The SMILES string of the molecule is O=C(CCC(=O)c1ccc(Cl)cc1)NCc1ccc(OCC(F)(F)F)cc1. The van der Waals surface area contributed by atoms with Crippen molar-refractivity contribution in [3.8, 4) is 5.75 Å². The average molecular weight is 400 g/mol. The Morgan fingerprint density at radius 3 is 2.19 bits per heavy atom. The zero-order valence-electron chi connectivity index (χ0n) is 14.2. The van der Waals surface area contributed by atoms with Crippen molar-refractivity contribution in [3.63, 3.8) is 0 Å². The van der Waals surface area contributed by atoms with Crippen LogP contribution in [0.15, 0.2) is 48.5 Å². The first kappa shape index (κ1) is 20.8. The molecule has 0 unspecified atom stereocenters. The predicted octanol–water partition coefficient (Wildman–Crippen LogP) is 4.56. The molecule has 0 fully saturated rings. The first-order valence-corrected chi connectivity index (χ1v) is 8.45. The molecule has 0 bridgehead atoms. The first-order chi connectivity index (χ1) is 12.7. The van der Waals surface area contributed by atoms with E-state index >= 15 is 0 Å². The molecule has 0 atom stereocenters. The van der Waals surface area contributed by atoms with E-state index in [4.69, 9.17) is 11.6 Å². The van der Waals surface area contributed by atoms with Gasteiger partial charge in [0.25, 0.3) is 0 Å². The van der Waals surface area contributed by atoms with Gasteiger partial charge >= 0.3 is 6.18 Å². The molecule has 0 spiro atoms. The molecule has 0 saturated heterocycles. The number of hydrogen-bond donors (Lipinski definition) is 1. The molecule has 0 aliphatic rings. The van der Waals surface area contributed by atoms with Crippen molar-refractivity contribution in [2.75, 3.05) is 6.61 Å². The van der Waals surface area contributed by atoms with Gasteiger partial charge in [-0.2, -0.15) is 13.2 Å². The Labute approximate surface area is 159 Å². The van der Waals surface area contributed by atoms with E-state index in [2.05, 4.69) is 10.1 Å². The van der Waals surface area contributed by atoms with Gasteiger partial charge in [0.1, 0.15) is 5.75 Å². The molecule has 4 nitrogen and oxygen atoms in total. The fourth-order valence-electron chi connectivity index (χ4n) is 2.16. The van der Waals surface area contributed by atoms with Gasteiger partial charge in [-0.15, -0.1) is 0 Å². The fraction of sp³-hybridized carbons (Fsp3) is 0.263. The van der Waals surface area contributed by atoms with Gasteiger partial charge in [0.15, 0.2) is 12.4 Å². The lowest BCUT2D eigenvalue weighted by Crippen LogP contribution is -2.23. The van der Waals surface area contributed by atoms with Crippen LogP contribution in [0.1, 0.15) is 28.8 Å². The second-order valence-corrected chi connectivity index (χ2v) is 6.19. The summed E-state index contributed by atoms with van der Waals surface area (Å²) in [5.41, 5.74) is 1.19. The van der Waals surface area contributed by atoms with Crippen LogP contribution >= 0.6 is 11.6 Å². The van der Waals surface area contributed by atoms with E-state index in [-0.39, 0.29) is 36.8 Å². The molecule has 2 aromatic carbocycles. The summed E-state index contributed by atoms with van der Waals surface area (Å²) in [5, 5.41) is 3.18. The number of amides is 1. The van der Waals surface area contributed by atoms with Gasteiger partial charge < -0.3 is 10.1 Å². The number of alkyl halides is 3. The maximum absolute atomic E-state index is 12.1. The highest BCUT2D eigenvalue weighted by Gasteiger charge is 2.28. The topological polar surface area (TPSA) is 55.4 Å². The number of nitrogens with one attached hydrogen (secondary N) is 1. The maximum atomic E-state index is 12.1. The number of halogens is 4. The van der Waals surface area contributed by atoms with E-state index in [9.17, 15) is 22.8 Å². The van der Waals surface area contributed by atoms with Crippen LogP contribution in [0.5, 0.6) is 5.75 Å². The number of hydrogen-bond acceptors (Lipinski definition) is 3. The molecule has 0 aromatic heterocycles. The lowest BCUT2D eigenvalue weighted by molar-refractivity contribution is -0.153. The average Bonchev–Trinajstić information content (AvgIpc) is 2.63. The minimum Gasteiger partial charge on any atom is -0.484 e. The van der Waals surface area contributed by atoms with Gasteiger partial charge in [-0.05, 0) is 42.0 Å². The van der Waals surface area contributed by atoms with Crippen molar-refractivity contribution in [1.82, 2.24) is 5.32 Å². The summed E-state index contributed by atoms with van der Waals surface area (Å²) in [5.74, 6) is -0.362. The van der Waals surface area contributed by atoms with Crippen LogP contribution in [0.2, 0.25) is 5.02 Å². The molecule has 0 aliphatic carbocycles. The van der Waals surface area contributed by atoms with Crippen molar-refractivity contribution in [1.29, 1.82) is 0 Å². The summed E-state index contributed by atoms with van der Waals surface area (Å²) in [6, 6.07) is 12.3. The van der Waals surface area contributed by atoms with E-state index < -0.39 is 12.8 Å². The molecule has 1 N–H and O–H groups in total. The minimum absolute atomic E-state index is 0.0359. The molecule has 144 valence electrons. The summed E-state index contributed by atoms with van der Waals surface area (Å²) in [6.45, 7) is -1.15. The summed E-state index contributed by atoms with van der Waals surface area (Å²) < 4.78 is 40.9. The number of carbonyl (C=O) groups excluding carboxylic acids is 2. The fourth-order valence-corrected chi connectivity index (χ4v) is 2.29. The second-order valence-electron chi connectivity index (χ2n) is 5.75. The Hall–Kier alpha value is -2.54. The molecule has 0 heterocycles. The number of ether oxygens (including phenoxy) is 1. The van der Waals surface area contributed by atoms with Crippen LogP contribution in [-0.4, -0.2) is 24.5 Å². The molecule has 0 aliphatic heterocycles. The normalized spacial score (nSPS) is 11.1. The van der Waals surface area contributed by atoms with Crippen LogP contribution in [0.4, 0.5) is 13.2 Å². The van der Waals surface area contributed by atoms with Gasteiger partial charge in [0.2, 0.25) is 5.91 Å². The molecule has 8 heteroatoms. The molecule has 2 rings (SSSR count). The van der Waals surface area contributed by atoms with Gasteiger partial charge in [-0.3, -0.25) is 9.59 Å². The summed E-state index contributed by atoms with van der Waals surface area (Å²) in [4.78, 5) is 23.8. The van der Waals surface area contributed by atoms with Crippen molar-refractivity contribution < 1.29 is 27.5 Å². The van der Waals surface area contributed by atoms with Crippen LogP contribution < -0.4 is 10.1 Å². The lowest BCUT2D eigenvalue weighted by atomic mass is 10.1. The van der Waals surface area contributed by atoms with E-state index in [1.165, 1.54) is 12.1 Å². The molecule has 0 saturated carbocycles. The third-order valence-corrected chi connectivity index (χ3v) is 3.81. The zero-order valence-corrected chi connectivity index (χ0v) is 14.9. The number of carbonyl (C=O) groups is 2. The number of rotatable bonds is 8. The minimum atomic E-state index is -4.39. The van der Waals surface area contributed by atoms with Crippen LogP contribution in [-0.2, 0) is 11.3 Å². The Morgan fingerprint density at radius 2 is 1.59 bits per heavy atom. The predicted molar refractivity (Wildman–Crippen MR) is 94.9 cm³/mol. The van der Waals surface area contributed by atoms with Crippen LogP contribution in [0, 0.1) is 0 Å². The van der Waals surface area contributed by atoms with Crippen LogP contribution in [0.3, 0.4) is 0 Å². The van der Waals surface area contributed by atoms with Crippen molar-refractivity contribution in [3.05, 3.63) is 64.7 Å². The summed E-state index contributed by atoms with van der Waals surface area (Å²) >= 11 is 5.76. The number of Topliss-reactive ketones (excluding diaryl/α,β-unsaturated/α-hetero) is 1. The Kier molecular flexibility index (Phi) is 7.24. The second kappa shape index (κ2) is 9.41. The van der Waals surface area contributed by atoms with Gasteiger partial charge in [-0.1, -0.05) is 23.7 Å². The highest BCUT2D eigenvalue weighted by Crippen LogP contribution is 2.19. The zero-order chi connectivity index (χ0) is 19.9.